The Bertz CT molecular complexity index is 493. The summed E-state index contributed by atoms with van der Waals surface area (Å²) in [6.07, 6.45) is 3.69. The second-order valence-corrected chi connectivity index (χ2v) is 6.93. The van der Waals surface area contributed by atoms with Crippen LogP contribution < -0.4 is 0 Å². The molecule has 2 rings (SSSR count). The van der Waals surface area contributed by atoms with Crippen LogP contribution in [0.4, 0.5) is 4.39 Å². The molecule has 1 saturated heterocycles. The number of hydrogen-bond donors (Lipinski definition) is 0. The molecule has 1 aliphatic rings. The molecule has 1 heterocycles. The molecule has 0 bridgehead atoms. The number of benzene rings is 1. The van der Waals surface area contributed by atoms with Gasteiger partial charge >= 0.3 is 0 Å². The van der Waals surface area contributed by atoms with Gasteiger partial charge in [0.25, 0.3) is 0 Å². The second kappa shape index (κ2) is 6.25. The predicted octanol–water partition coefficient (Wildman–Crippen LogP) is 3.81. The van der Waals surface area contributed by atoms with Crippen LogP contribution in [0.5, 0.6) is 0 Å². The van der Waals surface area contributed by atoms with Crippen LogP contribution in [0, 0.1) is 17.1 Å². The molecule has 1 aromatic carbocycles. The van der Waals surface area contributed by atoms with Crippen molar-refractivity contribution in [3.05, 3.63) is 34.1 Å². The highest BCUT2D eigenvalue weighted by Crippen LogP contribution is 2.34. The van der Waals surface area contributed by atoms with E-state index in [0.717, 1.165) is 36.0 Å². The molecule has 1 aliphatic heterocycles. The molecule has 2 nitrogen and oxygen atoms in total. The maximum Gasteiger partial charge on any atom is 0.128 e. The van der Waals surface area contributed by atoms with E-state index < -0.39 is 0 Å². The molecule has 0 radical (unpaired) electrons. The fourth-order valence-electron chi connectivity index (χ4n) is 2.32. The summed E-state index contributed by atoms with van der Waals surface area (Å²) in [7, 11) is 0. The summed E-state index contributed by atoms with van der Waals surface area (Å²) in [4.78, 5) is 2.22. The number of thioether (sulfide) groups is 1. The van der Waals surface area contributed by atoms with Gasteiger partial charge in [-0.25, -0.2) is 4.39 Å². The Kier molecular flexibility index (Phi) is 4.88. The zero-order chi connectivity index (χ0) is 13.9. The predicted molar refractivity (Wildman–Crippen MR) is 80.5 cm³/mol. The first-order valence-corrected chi connectivity index (χ1v) is 8.23. The molecule has 5 heteroatoms. The van der Waals surface area contributed by atoms with Crippen LogP contribution in [-0.2, 0) is 6.54 Å². The zero-order valence-electron chi connectivity index (χ0n) is 10.8. The standard InChI is InChI=1S/C14H16BrFN2S/c1-19-14(10-17)4-6-18(7-5-14)9-11-2-3-12(15)8-13(11)16/h2-3,8H,4-7,9H2,1H3. The lowest BCUT2D eigenvalue weighted by Crippen LogP contribution is -2.41. The normalized spacial score (nSPS) is 19.1. The van der Waals surface area contributed by atoms with Gasteiger partial charge in [0, 0.05) is 29.7 Å². The molecule has 0 spiro atoms. The highest BCUT2D eigenvalue weighted by atomic mass is 79.9. The minimum absolute atomic E-state index is 0.170. The van der Waals surface area contributed by atoms with Crippen molar-refractivity contribution >= 4 is 27.7 Å². The summed E-state index contributed by atoms with van der Waals surface area (Å²) >= 11 is 4.90. The Morgan fingerprint density at radius 3 is 2.68 bits per heavy atom. The van der Waals surface area contributed by atoms with Crippen molar-refractivity contribution in [2.24, 2.45) is 0 Å². The average Bonchev–Trinajstić information content (AvgIpc) is 2.43. The third-order valence-corrected chi connectivity index (χ3v) is 5.44. The van der Waals surface area contributed by atoms with Gasteiger partial charge in [0.2, 0.25) is 0 Å². The van der Waals surface area contributed by atoms with E-state index in [0.29, 0.717) is 6.54 Å². The minimum atomic E-state index is -0.241. The first-order chi connectivity index (χ1) is 9.08. The van der Waals surface area contributed by atoms with E-state index >= 15 is 0 Å². The van der Waals surface area contributed by atoms with Crippen molar-refractivity contribution in [1.82, 2.24) is 4.90 Å². The molecule has 0 atom stereocenters. The SMILES string of the molecule is CSC1(C#N)CCN(Cc2ccc(Br)cc2F)CC1. The topological polar surface area (TPSA) is 27.0 Å². The molecular weight excluding hydrogens is 327 g/mol. The van der Waals surface area contributed by atoms with Crippen LogP contribution in [0.1, 0.15) is 18.4 Å². The fourth-order valence-corrected chi connectivity index (χ4v) is 3.34. The lowest BCUT2D eigenvalue weighted by Gasteiger charge is -2.36. The van der Waals surface area contributed by atoms with Gasteiger partial charge in [-0.2, -0.15) is 5.26 Å². The maximum absolute atomic E-state index is 13.8. The number of piperidine rings is 1. The summed E-state index contributed by atoms with van der Waals surface area (Å²) < 4.78 is 14.3. The van der Waals surface area contributed by atoms with Crippen LogP contribution in [-0.4, -0.2) is 29.0 Å². The third kappa shape index (κ3) is 3.50. The second-order valence-electron chi connectivity index (χ2n) is 4.82. The number of nitrogens with zero attached hydrogens (tertiary/aromatic N) is 2. The number of halogens is 2. The molecule has 0 aliphatic carbocycles. The minimum Gasteiger partial charge on any atom is -0.299 e. The lowest BCUT2D eigenvalue weighted by molar-refractivity contribution is 0.207. The van der Waals surface area contributed by atoms with Crippen LogP contribution >= 0.6 is 27.7 Å². The molecule has 0 N–H and O–H groups in total. The maximum atomic E-state index is 13.8. The number of likely N-dealkylation sites (tertiary alicyclic amines) is 1. The largest absolute Gasteiger partial charge is 0.299 e. The lowest BCUT2D eigenvalue weighted by atomic mass is 9.97. The molecule has 0 aromatic heterocycles. The molecule has 0 saturated carbocycles. The van der Waals surface area contributed by atoms with Gasteiger partial charge in [-0.15, -0.1) is 11.8 Å². The Morgan fingerprint density at radius 2 is 2.16 bits per heavy atom. The molecular formula is C14H16BrFN2S. The molecule has 1 fully saturated rings. The van der Waals surface area contributed by atoms with Gasteiger partial charge in [0.1, 0.15) is 10.6 Å². The fraction of sp³-hybridized carbons (Fsp3) is 0.500. The van der Waals surface area contributed by atoms with Gasteiger partial charge in [-0.05, 0) is 31.2 Å². The Hall–Kier alpha value is -0.570. The Labute approximate surface area is 126 Å². The van der Waals surface area contributed by atoms with Crippen LogP contribution in [0.2, 0.25) is 0 Å². The number of rotatable bonds is 3. The van der Waals surface area contributed by atoms with Crippen molar-refractivity contribution < 1.29 is 4.39 Å². The van der Waals surface area contributed by atoms with E-state index in [1.165, 1.54) is 6.07 Å². The van der Waals surface area contributed by atoms with Crippen molar-refractivity contribution in [2.75, 3.05) is 19.3 Å². The summed E-state index contributed by atoms with van der Waals surface area (Å²) in [5, 5.41) is 9.24. The van der Waals surface area contributed by atoms with E-state index in [-0.39, 0.29) is 10.6 Å². The Morgan fingerprint density at radius 1 is 1.47 bits per heavy atom. The van der Waals surface area contributed by atoms with Gasteiger partial charge in [0.15, 0.2) is 0 Å². The summed E-state index contributed by atoms with van der Waals surface area (Å²) in [6.45, 7) is 2.32. The van der Waals surface area contributed by atoms with Crippen LogP contribution in [0.15, 0.2) is 22.7 Å². The highest BCUT2D eigenvalue weighted by molar-refractivity contribution is 9.10. The summed E-state index contributed by atoms with van der Waals surface area (Å²) in [6, 6.07) is 7.61. The van der Waals surface area contributed by atoms with Crippen molar-refractivity contribution in [3.63, 3.8) is 0 Å². The van der Waals surface area contributed by atoms with Gasteiger partial charge in [0.05, 0.1) is 6.07 Å². The van der Waals surface area contributed by atoms with Crippen molar-refractivity contribution in [3.8, 4) is 6.07 Å². The van der Waals surface area contributed by atoms with Gasteiger partial charge in [-0.3, -0.25) is 4.90 Å². The summed E-state index contributed by atoms with van der Waals surface area (Å²) in [5.74, 6) is -0.170. The zero-order valence-corrected chi connectivity index (χ0v) is 13.2. The third-order valence-electron chi connectivity index (χ3n) is 3.67. The number of nitriles is 1. The van der Waals surface area contributed by atoms with Gasteiger partial charge < -0.3 is 0 Å². The highest BCUT2D eigenvalue weighted by Gasteiger charge is 2.33. The smallest absolute Gasteiger partial charge is 0.128 e. The molecule has 1 aromatic rings. The van der Waals surface area contributed by atoms with E-state index in [4.69, 9.17) is 0 Å². The van der Waals surface area contributed by atoms with Crippen molar-refractivity contribution in [1.29, 1.82) is 5.26 Å². The summed E-state index contributed by atoms with van der Waals surface area (Å²) in [5.41, 5.74) is 0.719. The Balaban J connectivity index is 1.98. The van der Waals surface area contributed by atoms with E-state index in [9.17, 15) is 9.65 Å². The van der Waals surface area contributed by atoms with Gasteiger partial charge in [-0.1, -0.05) is 22.0 Å². The van der Waals surface area contributed by atoms with E-state index in [2.05, 4.69) is 26.9 Å². The van der Waals surface area contributed by atoms with Crippen LogP contribution in [0.25, 0.3) is 0 Å². The molecule has 19 heavy (non-hydrogen) atoms. The van der Waals surface area contributed by atoms with Crippen LogP contribution in [0.3, 0.4) is 0 Å². The first kappa shape index (κ1) is 14.8. The molecule has 0 unspecified atom stereocenters. The monoisotopic (exact) mass is 342 g/mol. The van der Waals surface area contributed by atoms with E-state index in [1.807, 2.05) is 18.4 Å². The molecule has 102 valence electrons. The van der Waals surface area contributed by atoms with E-state index in [1.54, 1.807) is 11.8 Å². The average molecular weight is 343 g/mol. The molecule has 0 amide bonds. The first-order valence-electron chi connectivity index (χ1n) is 6.21. The number of hydrogen-bond acceptors (Lipinski definition) is 3. The quantitative estimate of drug-likeness (QED) is 0.835. The van der Waals surface area contributed by atoms with Crippen molar-refractivity contribution in [2.45, 2.75) is 24.1 Å².